The number of carbonyl (C=O) groups is 3. The number of aryl methyl sites for hydroxylation is 1. The molecule has 0 bridgehead atoms. The van der Waals surface area contributed by atoms with Crippen molar-refractivity contribution in [2.75, 3.05) is 18.9 Å². The number of alkyl halides is 3. The summed E-state index contributed by atoms with van der Waals surface area (Å²) in [7, 11) is 2.15. The third-order valence-electron chi connectivity index (χ3n) is 7.09. The summed E-state index contributed by atoms with van der Waals surface area (Å²) in [6.45, 7) is 1.11. The number of nitrogens with zero attached hydrogens (tertiary/aromatic N) is 3. The zero-order chi connectivity index (χ0) is 32.6. The predicted octanol–water partition coefficient (Wildman–Crippen LogP) is 5.68. The van der Waals surface area contributed by atoms with Crippen LogP contribution in [-0.2, 0) is 11.2 Å². The van der Waals surface area contributed by atoms with Crippen molar-refractivity contribution in [2.24, 2.45) is 0 Å². The smallest absolute Gasteiger partial charge is 0.477 e. The quantitative estimate of drug-likeness (QED) is 0.152. The van der Waals surface area contributed by atoms with Crippen LogP contribution in [0.4, 0.5) is 19.0 Å². The largest absolute Gasteiger partial charge is 0.490 e. The molecule has 1 aliphatic heterocycles. The number of benzene rings is 1. The fourth-order valence-electron chi connectivity index (χ4n) is 4.75. The molecular formula is C32H30F3N5O5. The maximum atomic E-state index is 12.8. The Hall–Kier alpha value is -5.22. The normalized spacial score (nSPS) is 14.6. The van der Waals surface area contributed by atoms with E-state index in [1.165, 1.54) is 24.4 Å². The molecule has 3 aromatic heterocycles. The van der Waals surface area contributed by atoms with Crippen LogP contribution < -0.4 is 5.32 Å². The highest BCUT2D eigenvalue weighted by Gasteiger charge is 2.38. The molecule has 234 valence electrons. The molecule has 10 nitrogen and oxygen atoms in total. The van der Waals surface area contributed by atoms with Gasteiger partial charge in [-0.25, -0.2) is 19.6 Å². The number of unbranched alkanes of at least 4 members (excludes halogenated alkanes) is 1. The predicted molar refractivity (Wildman–Crippen MR) is 160 cm³/mol. The van der Waals surface area contributed by atoms with E-state index in [-0.39, 0.29) is 11.6 Å². The van der Waals surface area contributed by atoms with Crippen molar-refractivity contribution < 1.29 is 37.8 Å². The number of aromatic amines is 1. The van der Waals surface area contributed by atoms with E-state index in [4.69, 9.17) is 15.0 Å². The first-order valence-corrected chi connectivity index (χ1v) is 14.0. The summed E-state index contributed by atoms with van der Waals surface area (Å²) in [5.41, 5.74) is 4.57. The molecule has 4 aromatic rings. The number of hydrogen-bond donors (Lipinski definition) is 4. The number of aliphatic carboxylic acids is 1. The molecular weight excluding hydrogens is 591 g/mol. The summed E-state index contributed by atoms with van der Waals surface area (Å²) in [4.78, 5) is 46.7. The first-order valence-electron chi connectivity index (χ1n) is 14.0. The van der Waals surface area contributed by atoms with Crippen molar-refractivity contribution in [2.45, 2.75) is 44.3 Å². The van der Waals surface area contributed by atoms with E-state index in [2.05, 4.69) is 50.1 Å². The van der Waals surface area contributed by atoms with Gasteiger partial charge in [-0.2, -0.15) is 13.2 Å². The minimum absolute atomic E-state index is 0.00636. The lowest BCUT2D eigenvalue weighted by molar-refractivity contribution is -0.192. The highest BCUT2D eigenvalue weighted by Crippen LogP contribution is 2.32. The van der Waals surface area contributed by atoms with Gasteiger partial charge in [-0.15, -0.1) is 0 Å². The van der Waals surface area contributed by atoms with E-state index in [1.807, 2.05) is 30.3 Å². The van der Waals surface area contributed by atoms with Crippen molar-refractivity contribution in [3.8, 4) is 11.8 Å². The van der Waals surface area contributed by atoms with Gasteiger partial charge in [0.2, 0.25) is 0 Å². The van der Waals surface area contributed by atoms with Gasteiger partial charge in [0.05, 0.1) is 5.52 Å². The third-order valence-corrected chi connectivity index (χ3v) is 7.09. The second-order valence-electron chi connectivity index (χ2n) is 10.4. The summed E-state index contributed by atoms with van der Waals surface area (Å²) >= 11 is 0. The van der Waals surface area contributed by atoms with Gasteiger partial charge in [0.25, 0.3) is 5.91 Å². The standard InChI is InChI=1S/C30H29N5O3.C2HF3O2/c1-35-15-5-8-27(35)26-16-23-19-32-28(17-25(23)33-26)34-29(36)22-12-9-20(10-13-22)6-3-2-4-7-21-11-14-24(30(37)38)31-18-21;3-2(4,5)1(6)7/h9-14,16-19,27,33H,2-3,5-6,8,15H2,1H3,(H,37,38)(H,32,34,36);(H,6,7)/t27-;/m1./s1. The molecule has 0 spiro atoms. The molecule has 1 aliphatic rings. The van der Waals surface area contributed by atoms with Crippen LogP contribution in [0.3, 0.4) is 0 Å². The maximum Gasteiger partial charge on any atom is 0.490 e. The molecule has 0 radical (unpaired) electrons. The molecule has 13 heteroatoms. The van der Waals surface area contributed by atoms with Crippen molar-refractivity contribution in [3.63, 3.8) is 0 Å². The molecule has 1 atom stereocenters. The Balaban J connectivity index is 0.000000591. The number of hydrogen-bond acceptors (Lipinski definition) is 6. The number of H-pyrrole nitrogens is 1. The van der Waals surface area contributed by atoms with E-state index in [0.717, 1.165) is 42.3 Å². The van der Waals surface area contributed by atoms with Crippen LogP contribution in [0.2, 0.25) is 0 Å². The van der Waals surface area contributed by atoms with Crippen LogP contribution >= 0.6 is 0 Å². The number of carbonyl (C=O) groups excluding carboxylic acids is 1. The summed E-state index contributed by atoms with van der Waals surface area (Å²) in [5.74, 6) is 2.62. The minimum atomic E-state index is -5.08. The molecule has 5 rings (SSSR count). The highest BCUT2D eigenvalue weighted by atomic mass is 19.4. The Bertz CT molecular complexity index is 1720. The molecule has 0 saturated carbocycles. The van der Waals surface area contributed by atoms with Gasteiger partial charge < -0.3 is 20.5 Å². The van der Waals surface area contributed by atoms with Crippen molar-refractivity contribution >= 4 is 34.6 Å². The molecule has 1 fully saturated rings. The van der Waals surface area contributed by atoms with Gasteiger partial charge in [-0.05, 0) is 75.2 Å². The van der Waals surface area contributed by atoms with Crippen LogP contribution in [-0.4, -0.2) is 67.7 Å². The van der Waals surface area contributed by atoms with Gasteiger partial charge in [0.15, 0.2) is 0 Å². The fourth-order valence-corrected chi connectivity index (χ4v) is 4.75. The lowest BCUT2D eigenvalue weighted by atomic mass is 10.1. The molecule has 1 amide bonds. The van der Waals surface area contributed by atoms with Crippen LogP contribution in [0.15, 0.2) is 60.9 Å². The van der Waals surface area contributed by atoms with Crippen LogP contribution in [0, 0.1) is 11.8 Å². The van der Waals surface area contributed by atoms with E-state index < -0.39 is 18.1 Å². The van der Waals surface area contributed by atoms with Gasteiger partial charge in [0.1, 0.15) is 11.5 Å². The highest BCUT2D eigenvalue weighted by molar-refractivity contribution is 6.04. The lowest BCUT2D eigenvalue weighted by Crippen LogP contribution is -2.21. The van der Waals surface area contributed by atoms with Crippen molar-refractivity contribution in [3.05, 3.63) is 89.0 Å². The molecule has 0 aliphatic carbocycles. The number of nitrogens with one attached hydrogen (secondary N) is 2. The van der Waals surface area contributed by atoms with Gasteiger partial charge in [0, 0.05) is 53.1 Å². The van der Waals surface area contributed by atoms with Gasteiger partial charge in [-0.3, -0.25) is 9.69 Å². The molecule has 0 unspecified atom stereocenters. The number of aromatic nitrogens is 3. The Morgan fingerprint density at radius 1 is 1.07 bits per heavy atom. The number of rotatable bonds is 7. The number of anilines is 1. The zero-order valence-corrected chi connectivity index (χ0v) is 24.2. The number of aromatic carboxylic acids is 1. The molecule has 1 aromatic carbocycles. The summed E-state index contributed by atoms with van der Waals surface area (Å²) in [6.07, 6.45) is 2.95. The first-order chi connectivity index (χ1) is 21.4. The number of halogens is 3. The van der Waals surface area contributed by atoms with Gasteiger partial charge >= 0.3 is 18.1 Å². The topological polar surface area (TPSA) is 149 Å². The van der Waals surface area contributed by atoms with Crippen molar-refractivity contribution in [1.82, 2.24) is 19.9 Å². The van der Waals surface area contributed by atoms with Gasteiger partial charge in [-0.1, -0.05) is 24.0 Å². The SMILES string of the molecule is CN1CCC[C@@H]1c1cc2cnc(NC(=O)c3ccc(CCCC#Cc4ccc(C(=O)O)nc4)cc3)cc2[nH]1.O=C(O)C(F)(F)F. The Kier molecular flexibility index (Phi) is 10.5. The minimum Gasteiger partial charge on any atom is -0.477 e. The summed E-state index contributed by atoms with van der Waals surface area (Å²) in [5, 5.41) is 20.0. The average Bonchev–Trinajstić information content (AvgIpc) is 3.62. The lowest BCUT2D eigenvalue weighted by Gasteiger charge is -2.17. The monoisotopic (exact) mass is 621 g/mol. The van der Waals surface area contributed by atoms with E-state index in [0.29, 0.717) is 29.4 Å². The van der Waals surface area contributed by atoms with E-state index in [1.54, 1.807) is 12.3 Å². The van der Waals surface area contributed by atoms with Crippen molar-refractivity contribution in [1.29, 1.82) is 0 Å². The summed E-state index contributed by atoms with van der Waals surface area (Å²) < 4.78 is 31.7. The number of likely N-dealkylation sites (tertiary alicyclic amines) is 1. The van der Waals surface area contributed by atoms with E-state index in [9.17, 15) is 22.8 Å². The fraction of sp³-hybridized carbons (Fsp3) is 0.281. The molecule has 4 N–H and O–H groups in total. The third kappa shape index (κ3) is 9.14. The molecule has 1 saturated heterocycles. The molecule has 4 heterocycles. The van der Waals surface area contributed by atoms with Crippen LogP contribution in [0.1, 0.15) is 69.4 Å². The average molecular weight is 622 g/mol. The number of carboxylic acid groups (broad SMARTS) is 2. The summed E-state index contributed by atoms with van der Waals surface area (Å²) in [6, 6.07) is 15.1. The van der Waals surface area contributed by atoms with Crippen LogP contribution in [0.5, 0.6) is 0 Å². The Morgan fingerprint density at radius 3 is 2.40 bits per heavy atom. The van der Waals surface area contributed by atoms with Crippen LogP contribution in [0.25, 0.3) is 10.9 Å². The first kappa shape index (κ1) is 32.7. The number of amides is 1. The second-order valence-corrected chi connectivity index (χ2v) is 10.4. The zero-order valence-electron chi connectivity index (χ0n) is 24.2. The van der Waals surface area contributed by atoms with E-state index >= 15 is 0 Å². The molecule has 45 heavy (non-hydrogen) atoms. The number of fused-ring (bicyclic) bond motifs is 1. The maximum absolute atomic E-state index is 12.8. The Morgan fingerprint density at radius 2 is 1.80 bits per heavy atom. The number of carboxylic acids is 2. The second kappa shape index (κ2) is 14.5. The number of pyridine rings is 2. The Labute approximate surface area is 256 Å².